The molecule has 0 unspecified atom stereocenters. The molecule has 4 aromatic rings. The van der Waals surface area contributed by atoms with Gasteiger partial charge in [0.2, 0.25) is 17.7 Å². The number of carbonyl (C=O) groups excluding carboxylic acids is 2. The van der Waals surface area contributed by atoms with Crippen molar-refractivity contribution in [1.29, 1.82) is 0 Å². The summed E-state index contributed by atoms with van der Waals surface area (Å²) in [5, 5.41) is 3.44. The van der Waals surface area contributed by atoms with E-state index in [0.29, 0.717) is 28.5 Å². The van der Waals surface area contributed by atoms with E-state index in [2.05, 4.69) is 15.3 Å². The van der Waals surface area contributed by atoms with E-state index in [1.54, 1.807) is 42.3 Å². The van der Waals surface area contributed by atoms with Crippen molar-refractivity contribution in [1.82, 2.24) is 19.9 Å². The van der Waals surface area contributed by atoms with Gasteiger partial charge in [-0.05, 0) is 30.2 Å². The number of aromatic nitrogens is 3. The van der Waals surface area contributed by atoms with Gasteiger partial charge in [0.05, 0.1) is 35.9 Å². The highest BCUT2D eigenvalue weighted by Crippen LogP contribution is 2.25. The predicted molar refractivity (Wildman–Crippen MR) is 136 cm³/mol. The van der Waals surface area contributed by atoms with Crippen LogP contribution in [0.5, 0.6) is 5.88 Å². The van der Waals surface area contributed by atoms with Crippen LogP contribution in [0.1, 0.15) is 11.1 Å². The lowest BCUT2D eigenvalue weighted by molar-refractivity contribution is -0.127. The first-order chi connectivity index (χ1) is 16.9. The first-order valence-corrected chi connectivity index (χ1v) is 11.5. The SMILES string of the molecule is COc1ccc(N(C)C(=O)[C@H](Cc2ccccc2)NC(=O)Cn2cnc3c(Cl)ccc(C)c32)cn1. The Balaban J connectivity index is 1.56. The summed E-state index contributed by atoms with van der Waals surface area (Å²) in [4.78, 5) is 36.6. The van der Waals surface area contributed by atoms with Gasteiger partial charge in [-0.1, -0.05) is 48.0 Å². The van der Waals surface area contributed by atoms with Gasteiger partial charge >= 0.3 is 0 Å². The average Bonchev–Trinajstić information content (AvgIpc) is 3.30. The summed E-state index contributed by atoms with van der Waals surface area (Å²) < 4.78 is 6.84. The van der Waals surface area contributed by atoms with E-state index in [-0.39, 0.29) is 18.4 Å². The number of rotatable bonds is 8. The van der Waals surface area contributed by atoms with Crippen molar-refractivity contribution in [2.24, 2.45) is 0 Å². The zero-order chi connectivity index (χ0) is 24.9. The quantitative estimate of drug-likeness (QED) is 0.405. The summed E-state index contributed by atoms with van der Waals surface area (Å²) in [6, 6.07) is 15.9. The van der Waals surface area contributed by atoms with E-state index >= 15 is 0 Å². The van der Waals surface area contributed by atoms with Crippen molar-refractivity contribution in [3.63, 3.8) is 0 Å². The second-order valence-corrected chi connectivity index (χ2v) is 8.61. The number of hydrogen-bond acceptors (Lipinski definition) is 5. The van der Waals surface area contributed by atoms with E-state index in [1.165, 1.54) is 12.0 Å². The van der Waals surface area contributed by atoms with Gasteiger partial charge in [0, 0.05) is 19.5 Å². The van der Waals surface area contributed by atoms with Gasteiger partial charge in [0.1, 0.15) is 18.1 Å². The Morgan fingerprint density at radius 2 is 1.89 bits per heavy atom. The van der Waals surface area contributed by atoms with Crippen LogP contribution in [-0.4, -0.2) is 46.5 Å². The summed E-state index contributed by atoms with van der Waals surface area (Å²) in [7, 11) is 3.19. The lowest BCUT2D eigenvalue weighted by Gasteiger charge is -2.25. The number of pyridine rings is 1. The molecule has 0 saturated carbocycles. The smallest absolute Gasteiger partial charge is 0.249 e. The van der Waals surface area contributed by atoms with Crippen LogP contribution in [0.15, 0.2) is 67.1 Å². The molecule has 180 valence electrons. The van der Waals surface area contributed by atoms with Gasteiger partial charge in [-0.25, -0.2) is 9.97 Å². The molecule has 4 rings (SSSR count). The molecule has 2 amide bonds. The molecule has 0 spiro atoms. The molecule has 0 aliphatic rings. The van der Waals surface area contributed by atoms with Gasteiger partial charge in [-0.3, -0.25) is 9.59 Å². The number of hydrogen-bond donors (Lipinski definition) is 1. The summed E-state index contributed by atoms with van der Waals surface area (Å²) in [6.07, 6.45) is 3.49. The number of fused-ring (bicyclic) bond motifs is 1. The maximum atomic E-state index is 13.5. The largest absolute Gasteiger partial charge is 0.481 e. The molecule has 0 saturated heterocycles. The number of methoxy groups -OCH3 is 1. The van der Waals surface area contributed by atoms with Crippen LogP contribution in [0, 0.1) is 6.92 Å². The van der Waals surface area contributed by atoms with Gasteiger partial charge in [0.25, 0.3) is 0 Å². The van der Waals surface area contributed by atoms with Crippen molar-refractivity contribution in [2.45, 2.75) is 25.9 Å². The molecule has 0 radical (unpaired) electrons. The number of ether oxygens (including phenoxy) is 1. The van der Waals surface area contributed by atoms with Gasteiger partial charge in [-0.2, -0.15) is 0 Å². The standard InChI is InChI=1S/C26H26ClN5O3/c1-17-9-11-20(27)24-25(17)32(16-29-24)15-22(33)30-21(13-18-7-5-4-6-8-18)26(34)31(2)19-10-12-23(35-3)28-14-19/h4-12,14,16,21H,13,15H2,1-3H3,(H,30,33)/t21-/m0/s1. The van der Waals surface area contributed by atoms with Crippen molar-refractivity contribution >= 4 is 40.1 Å². The minimum Gasteiger partial charge on any atom is -0.481 e. The van der Waals surface area contributed by atoms with Crippen LogP contribution in [0.4, 0.5) is 5.69 Å². The molecule has 9 heteroatoms. The molecular formula is C26H26ClN5O3. The monoisotopic (exact) mass is 491 g/mol. The highest BCUT2D eigenvalue weighted by atomic mass is 35.5. The minimum absolute atomic E-state index is 0.00403. The third kappa shape index (κ3) is 5.44. The van der Waals surface area contributed by atoms with Crippen molar-refractivity contribution in [2.75, 3.05) is 19.1 Å². The Morgan fingerprint density at radius 3 is 2.57 bits per heavy atom. The molecular weight excluding hydrogens is 466 g/mol. The highest BCUT2D eigenvalue weighted by Gasteiger charge is 2.26. The van der Waals surface area contributed by atoms with Crippen molar-refractivity contribution in [3.8, 4) is 5.88 Å². The number of anilines is 1. The normalized spacial score (nSPS) is 11.8. The van der Waals surface area contributed by atoms with E-state index in [1.807, 2.05) is 43.3 Å². The number of nitrogens with one attached hydrogen (secondary N) is 1. The summed E-state index contributed by atoms with van der Waals surface area (Å²) in [5.74, 6) is -0.116. The zero-order valence-corrected chi connectivity index (χ0v) is 20.5. The second kappa shape index (κ2) is 10.6. The van der Waals surface area contributed by atoms with Gasteiger partial charge < -0.3 is 19.5 Å². The Bertz CT molecular complexity index is 1340. The molecule has 2 aromatic carbocycles. The van der Waals surface area contributed by atoms with Crippen LogP contribution in [0.25, 0.3) is 11.0 Å². The number of benzene rings is 2. The Kier molecular flexibility index (Phi) is 7.31. The number of aryl methyl sites for hydroxylation is 1. The first kappa shape index (κ1) is 24.2. The number of halogens is 1. The van der Waals surface area contributed by atoms with Gasteiger partial charge in [0.15, 0.2) is 0 Å². The molecule has 2 heterocycles. The fourth-order valence-corrected chi connectivity index (χ4v) is 4.14. The lowest BCUT2D eigenvalue weighted by Crippen LogP contribution is -2.49. The molecule has 8 nitrogen and oxygen atoms in total. The highest BCUT2D eigenvalue weighted by molar-refractivity contribution is 6.35. The van der Waals surface area contributed by atoms with Crippen LogP contribution >= 0.6 is 11.6 Å². The molecule has 1 N–H and O–H groups in total. The number of amides is 2. The van der Waals surface area contributed by atoms with Crippen LogP contribution in [-0.2, 0) is 22.6 Å². The zero-order valence-electron chi connectivity index (χ0n) is 19.7. The molecule has 0 fully saturated rings. The Hall–Kier alpha value is -3.91. The molecule has 35 heavy (non-hydrogen) atoms. The third-order valence-electron chi connectivity index (χ3n) is 5.79. The fourth-order valence-electron chi connectivity index (χ4n) is 3.94. The minimum atomic E-state index is -0.781. The summed E-state index contributed by atoms with van der Waals surface area (Å²) in [5.41, 5.74) is 3.92. The Labute approximate surface area is 208 Å². The Morgan fingerprint density at radius 1 is 1.11 bits per heavy atom. The molecule has 0 aliphatic heterocycles. The second-order valence-electron chi connectivity index (χ2n) is 8.20. The number of nitrogens with zero attached hydrogens (tertiary/aromatic N) is 4. The van der Waals surface area contributed by atoms with Crippen molar-refractivity contribution in [3.05, 3.63) is 83.3 Å². The summed E-state index contributed by atoms with van der Waals surface area (Å²) in [6.45, 7) is 1.94. The molecule has 0 aliphatic carbocycles. The lowest BCUT2D eigenvalue weighted by atomic mass is 10.0. The van der Waals surface area contributed by atoms with E-state index in [9.17, 15) is 9.59 Å². The third-order valence-corrected chi connectivity index (χ3v) is 6.10. The topological polar surface area (TPSA) is 89.4 Å². The van der Waals surface area contributed by atoms with E-state index in [4.69, 9.17) is 16.3 Å². The molecule has 1 atom stereocenters. The maximum absolute atomic E-state index is 13.5. The van der Waals surface area contributed by atoms with Crippen LogP contribution < -0.4 is 15.0 Å². The molecule has 0 bridgehead atoms. The van der Waals surface area contributed by atoms with E-state index in [0.717, 1.165) is 16.6 Å². The number of likely N-dealkylation sites (N-methyl/N-ethyl adjacent to an activating group) is 1. The van der Waals surface area contributed by atoms with Gasteiger partial charge in [-0.15, -0.1) is 0 Å². The van der Waals surface area contributed by atoms with E-state index < -0.39 is 6.04 Å². The maximum Gasteiger partial charge on any atom is 0.249 e. The average molecular weight is 492 g/mol. The van der Waals surface area contributed by atoms with Crippen LogP contribution in [0.2, 0.25) is 5.02 Å². The predicted octanol–water partition coefficient (Wildman–Crippen LogP) is 3.79. The van der Waals surface area contributed by atoms with Crippen LogP contribution in [0.3, 0.4) is 0 Å². The molecule has 2 aromatic heterocycles. The fraction of sp³-hybridized carbons (Fsp3) is 0.231. The number of imidazole rings is 1. The summed E-state index contributed by atoms with van der Waals surface area (Å²) >= 11 is 6.27. The van der Waals surface area contributed by atoms with Crippen molar-refractivity contribution < 1.29 is 14.3 Å². The first-order valence-electron chi connectivity index (χ1n) is 11.1. The number of carbonyl (C=O) groups is 2.